The lowest BCUT2D eigenvalue weighted by atomic mass is 9.99. The molecule has 0 saturated carbocycles. The van der Waals surface area contributed by atoms with Gasteiger partial charge < -0.3 is 9.84 Å². The quantitative estimate of drug-likeness (QED) is 0.922. The number of hydrogen-bond acceptors (Lipinski definition) is 3. The van der Waals surface area contributed by atoms with Gasteiger partial charge in [0.05, 0.1) is 12.7 Å². The highest BCUT2D eigenvalue weighted by Gasteiger charge is 2.18. The average Bonchev–Trinajstić information content (AvgIpc) is 2.37. The van der Waals surface area contributed by atoms with Crippen molar-refractivity contribution in [3.05, 3.63) is 47.5 Å². The summed E-state index contributed by atoms with van der Waals surface area (Å²) in [7, 11) is 1.34. The fraction of sp³-hybridized carbons (Fsp3) is 0.143. The number of carboxylic acid groups (broad SMARTS) is 1. The highest BCUT2D eigenvalue weighted by molar-refractivity contribution is 5.96. The molecule has 0 bridgehead atoms. The average molecular weight is 261 g/mol. The minimum absolute atomic E-state index is 0.00880. The maximum absolute atomic E-state index is 13.7. The van der Waals surface area contributed by atoms with Crippen molar-refractivity contribution in [1.82, 2.24) is 4.98 Å². The number of carbonyl (C=O) groups is 1. The summed E-state index contributed by atoms with van der Waals surface area (Å²) in [6, 6.07) is 5.98. The van der Waals surface area contributed by atoms with Crippen molar-refractivity contribution in [2.75, 3.05) is 7.11 Å². The Labute approximate surface area is 109 Å². The number of halogens is 1. The topological polar surface area (TPSA) is 59.4 Å². The number of benzene rings is 1. The van der Waals surface area contributed by atoms with Crippen molar-refractivity contribution in [2.24, 2.45) is 0 Å². The summed E-state index contributed by atoms with van der Waals surface area (Å²) >= 11 is 0. The van der Waals surface area contributed by atoms with Crippen molar-refractivity contribution in [3.63, 3.8) is 0 Å². The van der Waals surface area contributed by atoms with Gasteiger partial charge in [-0.1, -0.05) is 12.1 Å². The lowest BCUT2D eigenvalue weighted by Crippen LogP contribution is -2.03. The molecule has 2 rings (SSSR count). The molecule has 1 aromatic carbocycles. The monoisotopic (exact) mass is 261 g/mol. The number of methoxy groups -OCH3 is 1. The van der Waals surface area contributed by atoms with Crippen LogP contribution in [-0.2, 0) is 0 Å². The van der Waals surface area contributed by atoms with Crippen LogP contribution in [0.5, 0.6) is 5.75 Å². The highest BCUT2D eigenvalue weighted by Crippen LogP contribution is 2.34. The first-order chi connectivity index (χ1) is 9.04. The van der Waals surface area contributed by atoms with Crippen LogP contribution in [0.15, 0.2) is 30.5 Å². The Balaban J connectivity index is 2.74. The minimum Gasteiger partial charge on any atom is -0.493 e. The molecular weight excluding hydrogens is 249 g/mol. The molecule has 0 radical (unpaired) electrons. The van der Waals surface area contributed by atoms with Crippen molar-refractivity contribution in [1.29, 1.82) is 0 Å². The molecule has 0 unspecified atom stereocenters. The van der Waals surface area contributed by atoms with Crippen LogP contribution in [-0.4, -0.2) is 23.2 Å². The van der Waals surface area contributed by atoms with Crippen molar-refractivity contribution >= 4 is 5.97 Å². The number of para-hydroxylation sites is 1. The molecule has 5 heteroatoms. The molecule has 0 aliphatic heterocycles. The molecule has 0 saturated heterocycles. The predicted molar refractivity (Wildman–Crippen MR) is 67.9 cm³/mol. The number of nitrogens with zero attached hydrogens (tertiary/aromatic N) is 1. The molecule has 0 aliphatic rings. The standard InChI is InChI=1S/C14H12FNO3/c1-8-6-10(11(7-16-8)14(17)18)9-4-3-5-12(15)13(9)19-2/h3-7H,1-2H3,(H,17,18). The van der Waals surface area contributed by atoms with Gasteiger partial charge in [-0.25, -0.2) is 9.18 Å². The number of aryl methyl sites for hydroxylation is 1. The Morgan fingerprint density at radius 2 is 2.11 bits per heavy atom. The first-order valence-corrected chi connectivity index (χ1v) is 5.57. The van der Waals surface area contributed by atoms with Crippen LogP contribution >= 0.6 is 0 Å². The van der Waals surface area contributed by atoms with Gasteiger partial charge >= 0.3 is 5.97 Å². The highest BCUT2D eigenvalue weighted by atomic mass is 19.1. The maximum atomic E-state index is 13.7. The molecule has 98 valence electrons. The summed E-state index contributed by atoms with van der Waals surface area (Å²) in [6.07, 6.45) is 1.26. The molecule has 0 aliphatic carbocycles. The Morgan fingerprint density at radius 3 is 2.74 bits per heavy atom. The van der Waals surface area contributed by atoms with Gasteiger partial charge in [-0.2, -0.15) is 0 Å². The third-order valence-corrected chi connectivity index (χ3v) is 2.73. The second-order valence-electron chi connectivity index (χ2n) is 4.00. The van der Waals surface area contributed by atoms with Gasteiger partial charge in [-0.3, -0.25) is 4.98 Å². The summed E-state index contributed by atoms with van der Waals surface area (Å²) in [5, 5.41) is 9.18. The molecule has 1 heterocycles. The fourth-order valence-electron chi connectivity index (χ4n) is 1.88. The van der Waals surface area contributed by atoms with Gasteiger partial charge in [0.2, 0.25) is 0 Å². The van der Waals surface area contributed by atoms with E-state index in [1.807, 2.05) is 0 Å². The molecule has 0 spiro atoms. The number of carboxylic acids is 1. The van der Waals surface area contributed by atoms with Gasteiger partial charge in [0.25, 0.3) is 0 Å². The Kier molecular flexibility index (Phi) is 3.46. The van der Waals surface area contributed by atoms with E-state index in [1.165, 1.54) is 25.4 Å². The number of ether oxygens (including phenoxy) is 1. The molecule has 0 amide bonds. The molecule has 2 aromatic rings. The summed E-state index contributed by atoms with van der Waals surface area (Å²) in [5.74, 6) is -1.63. The smallest absolute Gasteiger partial charge is 0.337 e. The second kappa shape index (κ2) is 5.06. The van der Waals surface area contributed by atoms with E-state index in [1.54, 1.807) is 19.1 Å². The molecule has 4 nitrogen and oxygen atoms in total. The number of pyridine rings is 1. The molecule has 1 N–H and O–H groups in total. The summed E-state index contributed by atoms with van der Waals surface area (Å²) in [4.78, 5) is 15.2. The lowest BCUT2D eigenvalue weighted by molar-refractivity contribution is 0.0697. The maximum Gasteiger partial charge on any atom is 0.337 e. The van der Waals surface area contributed by atoms with Crippen molar-refractivity contribution in [2.45, 2.75) is 6.92 Å². The van der Waals surface area contributed by atoms with Crippen molar-refractivity contribution in [3.8, 4) is 16.9 Å². The third-order valence-electron chi connectivity index (χ3n) is 2.73. The largest absolute Gasteiger partial charge is 0.493 e. The van der Waals surface area contributed by atoms with Gasteiger partial charge in [-0.05, 0) is 19.1 Å². The number of aromatic carboxylic acids is 1. The van der Waals surface area contributed by atoms with Crippen LogP contribution in [0, 0.1) is 12.7 Å². The lowest BCUT2D eigenvalue weighted by Gasteiger charge is -2.12. The van der Waals surface area contributed by atoms with E-state index in [0.29, 0.717) is 16.8 Å². The Hall–Kier alpha value is -2.43. The van der Waals surface area contributed by atoms with Gasteiger partial charge in [-0.15, -0.1) is 0 Å². The third kappa shape index (κ3) is 2.40. The first-order valence-electron chi connectivity index (χ1n) is 5.57. The van der Waals surface area contributed by atoms with Crippen molar-refractivity contribution < 1.29 is 19.0 Å². The first kappa shape index (κ1) is 13.0. The SMILES string of the molecule is COc1c(F)cccc1-c1cc(C)ncc1C(=O)O. The van der Waals surface area contributed by atoms with Crippen LogP contribution in [0.25, 0.3) is 11.1 Å². The van der Waals surface area contributed by atoms with E-state index in [4.69, 9.17) is 4.74 Å². The van der Waals surface area contributed by atoms with E-state index in [9.17, 15) is 14.3 Å². The molecule has 1 aromatic heterocycles. The normalized spacial score (nSPS) is 10.3. The zero-order chi connectivity index (χ0) is 14.0. The van der Waals surface area contributed by atoms with E-state index in [0.717, 1.165) is 0 Å². The molecule has 0 atom stereocenters. The zero-order valence-corrected chi connectivity index (χ0v) is 10.5. The van der Waals surface area contributed by atoms with E-state index >= 15 is 0 Å². The van der Waals surface area contributed by atoms with Crippen LogP contribution in [0.1, 0.15) is 16.1 Å². The van der Waals surface area contributed by atoms with Gasteiger partial charge in [0, 0.05) is 23.0 Å². The van der Waals surface area contributed by atoms with Gasteiger partial charge in [0.1, 0.15) is 0 Å². The van der Waals surface area contributed by atoms with E-state index < -0.39 is 11.8 Å². The summed E-state index contributed by atoms with van der Waals surface area (Å²) in [6.45, 7) is 1.74. The Morgan fingerprint density at radius 1 is 1.37 bits per heavy atom. The number of aromatic nitrogens is 1. The fourth-order valence-corrected chi connectivity index (χ4v) is 1.88. The second-order valence-corrected chi connectivity index (χ2v) is 4.00. The molecular formula is C14H12FNO3. The van der Waals surface area contributed by atoms with Crippen LogP contribution in [0.2, 0.25) is 0 Å². The van der Waals surface area contributed by atoms with Gasteiger partial charge in [0.15, 0.2) is 11.6 Å². The molecule has 0 fully saturated rings. The van der Waals surface area contributed by atoms with Crippen LogP contribution in [0.3, 0.4) is 0 Å². The number of hydrogen-bond donors (Lipinski definition) is 1. The predicted octanol–water partition coefficient (Wildman–Crippen LogP) is 2.90. The summed E-state index contributed by atoms with van der Waals surface area (Å²) < 4.78 is 18.7. The molecule has 19 heavy (non-hydrogen) atoms. The number of rotatable bonds is 3. The van der Waals surface area contributed by atoms with E-state index in [-0.39, 0.29) is 11.3 Å². The zero-order valence-electron chi connectivity index (χ0n) is 10.5. The summed E-state index contributed by atoms with van der Waals surface area (Å²) in [5.41, 5.74) is 1.43. The van der Waals surface area contributed by atoms with Crippen LogP contribution in [0.4, 0.5) is 4.39 Å². The van der Waals surface area contributed by atoms with E-state index in [2.05, 4.69) is 4.98 Å². The minimum atomic E-state index is -1.12. The van der Waals surface area contributed by atoms with Crippen LogP contribution < -0.4 is 4.74 Å². The Bertz CT molecular complexity index is 641.